The average Bonchev–Trinajstić information content (AvgIpc) is 2.31. The van der Waals surface area contributed by atoms with Crippen LogP contribution in [0, 0.1) is 0 Å². The van der Waals surface area contributed by atoms with Crippen molar-refractivity contribution in [3.63, 3.8) is 0 Å². The first kappa shape index (κ1) is 11.0. The molecule has 1 aromatic rings. The number of rotatable bonds is 3. The highest BCUT2D eigenvalue weighted by Crippen LogP contribution is 2.09. The van der Waals surface area contributed by atoms with Crippen LogP contribution in [0.5, 0.6) is 0 Å². The van der Waals surface area contributed by atoms with Gasteiger partial charge in [0.2, 0.25) is 5.91 Å². The van der Waals surface area contributed by atoms with Crippen molar-refractivity contribution >= 4 is 5.91 Å². The van der Waals surface area contributed by atoms with Crippen LogP contribution >= 0.6 is 0 Å². The van der Waals surface area contributed by atoms with Gasteiger partial charge in [0.1, 0.15) is 6.04 Å². The molecule has 5 nitrogen and oxygen atoms in total. The minimum absolute atomic E-state index is 0.0946. The molecule has 1 unspecified atom stereocenters. The summed E-state index contributed by atoms with van der Waals surface area (Å²) in [6.45, 7) is 1.93. The molecule has 0 radical (unpaired) electrons. The van der Waals surface area contributed by atoms with Crippen LogP contribution < -0.4 is 5.32 Å². The smallest absolute Gasteiger partial charge is 0.239 e. The summed E-state index contributed by atoms with van der Waals surface area (Å²) in [7, 11) is 0. The van der Waals surface area contributed by atoms with Crippen LogP contribution in [0.15, 0.2) is 24.5 Å². The highest BCUT2D eigenvalue weighted by atomic mass is 16.3. The molecule has 1 aliphatic rings. The molecule has 16 heavy (non-hydrogen) atoms. The van der Waals surface area contributed by atoms with Gasteiger partial charge < -0.3 is 10.4 Å². The van der Waals surface area contributed by atoms with Crippen molar-refractivity contribution in [3.8, 4) is 0 Å². The lowest BCUT2D eigenvalue weighted by Gasteiger charge is -2.33. The Bertz CT molecular complexity index is 356. The van der Waals surface area contributed by atoms with Gasteiger partial charge in [0, 0.05) is 32.0 Å². The monoisotopic (exact) mass is 221 g/mol. The van der Waals surface area contributed by atoms with Crippen molar-refractivity contribution in [2.75, 3.05) is 19.7 Å². The van der Waals surface area contributed by atoms with Crippen LogP contribution in [0.3, 0.4) is 0 Å². The fourth-order valence-corrected chi connectivity index (χ4v) is 1.87. The number of aliphatic hydroxyl groups excluding tert-OH is 1. The van der Waals surface area contributed by atoms with E-state index in [2.05, 4.69) is 10.3 Å². The van der Waals surface area contributed by atoms with E-state index in [4.69, 9.17) is 0 Å². The topological polar surface area (TPSA) is 65.5 Å². The number of carbonyl (C=O) groups is 1. The van der Waals surface area contributed by atoms with Crippen molar-refractivity contribution in [1.82, 2.24) is 15.2 Å². The minimum atomic E-state index is -0.429. The van der Waals surface area contributed by atoms with E-state index < -0.39 is 6.04 Å². The van der Waals surface area contributed by atoms with Crippen LogP contribution in [0.2, 0.25) is 0 Å². The third-order valence-electron chi connectivity index (χ3n) is 2.75. The van der Waals surface area contributed by atoms with Gasteiger partial charge in [-0.15, -0.1) is 0 Å². The number of aromatic nitrogens is 1. The van der Waals surface area contributed by atoms with E-state index in [9.17, 15) is 9.90 Å². The zero-order chi connectivity index (χ0) is 11.4. The normalized spacial score (nSPS) is 21.8. The molecule has 0 spiro atoms. The standard InChI is InChI=1S/C11H15N3O2/c15-8-10-11(16)13-5-6-14(10)7-9-1-3-12-4-2-9/h1-4,10,15H,5-8H2,(H,13,16). The van der Waals surface area contributed by atoms with Gasteiger partial charge in [-0.1, -0.05) is 0 Å². The third kappa shape index (κ3) is 2.37. The van der Waals surface area contributed by atoms with Gasteiger partial charge in [0.25, 0.3) is 0 Å². The lowest BCUT2D eigenvalue weighted by Crippen LogP contribution is -2.56. The molecule has 1 atom stereocenters. The summed E-state index contributed by atoms with van der Waals surface area (Å²) < 4.78 is 0. The molecule has 0 aliphatic carbocycles. The van der Waals surface area contributed by atoms with E-state index in [1.165, 1.54) is 0 Å². The number of piperazine rings is 1. The highest BCUT2D eigenvalue weighted by molar-refractivity contribution is 5.82. The molecule has 86 valence electrons. The van der Waals surface area contributed by atoms with Gasteiger partial charge in [0.15, 0.2) is 0 Å². The predicted octanol–water partition coefficient (Wildman–Crippen LogP) is -0.626. The first-order chi connectivity index (χ1) is 7.81. The van der Waals surface area contributed by atoms with E-state index in [0.717, 1.165) is 12.1 Å². The van der Waals surface area contributed by atoms with Crippen molar-refractivity contribution in [3.05, 3.63) is 30.1 Å². The fourth-order valence-electron chi connectivity index (χ4n) is 1.87. The Morgan fingerprint density at radius 1 is 1.50 bits per heavy atom. The molecule has 0 bridgehead atoms. The Labute approximate surface area is 94.1 Å². The Morgan fingerprint density at radius 2 is 2.25 bits per heavy atom. The maximum atomic E-state index is 11.5. The van der Waals surface area contributed by atoms with Crippen molar-refractivity contribution in [1.29, 1.82) is 0 Å². The minimum Gasteiger partial charge on any atom is -0.394 e. The number of amides is 1. The van der Waals surface area contributed by atoms with Gasteiger partial charge in [-0.3, -0.25) is 14.7 Å². The number of hydrogen-bond acceptors (Lipinski definition) is 4. The maximum Gasteiger partial charge on any atom is 0.239 e. The van der Waals surface area contributed by atoms with Crippen LogP contribution in [0.1, 0.15) is 5.56 Å². The van der Waals surface area contributed by atoms with Crippen molar-refractivity contribution in [2.24, 2.45) is 0 Å². The van der Waals surface area contributed by atoms with Crippen LogP contribution in [0.25, 0.3) is 0 Å². The summed E-state index contributed by atoms with van der Waals surface area (Å²) in [4.78, 5) is 17.4. The van der Waals surface area contributed by atoms with Crippen LogP contribution in [-0.2, 0) is 11.3 Å². The highest BCUT2D eigenvalue weighted by Gasteiger charge is 2.28. The third-order valence-corrected chi connectivity index (χ3v) is 2.75. The summed E-state index contributed by atoms with van der Waals surface area (Å²) in [5, 5.41) is 11.9. The zero-order valence-corrected chi connectivity index (χ0v) is 8.97. The molecule has 2 rings (SSSR count). The number of carbonyl (C=O) groups excluding carboxylic acids is 1. The van der Waals surface area contributed by atoms with E-state index in [0.29, 0.717) is 13.1 Å². The molecule has 2 N–H and O–H groups in total. The Hall–Kier alpha value is -1.46. The van der Waals surface area contributed by atoms with Crippen molar-refractivity contribution < 1.29 is 9.90 Å². The molecule has 0 aromatic carbocycles. The van der Waals surface area contributed by atoms with Crippen LogP contribution in [-0.4, -0.2) is 46.6 Å². The SMILES string of the molecule is O=C1NCCN(Cc2ccncc2)C1CO. The number of pyridine rings is 1. The second-order valence-corrected chi connectivity index (χ2v) is 3.82. The average molecular weight is 221 g/mol. The van der Waals surface area contributed by atoms with E-state index in [1.54, 1.807) is 12.4 Å². The summed E-state index contributed by atoms with van der Waals surface area (Å²) in [6.07, 6.45) is 3.46. The predicted molar refractivity (Wildman–Crippen MR) is 58.5 cm³/mol. The fraction of sp³-hybridized carbons (Fsp3) is 0.455. The molecule has 2 heterocycles. The molecule has 1 aliphatic heterocycles. The molecule has 1 saturated heterocycles. The van der Waals surface area contributed by atoms with Gasteiger partial charge >= 0.3 is 0 Å². The number of hydrogen-bond donors (Lipinski definition) is 2. The lowest BCUT2D eigenvalue weighted by atomic mass is 10.1. The van der Waals surface area contributed by atoms with Gasteiger partial charge in [-0.25, -0.2) is 0 Å². The largest absolute Gasteiger partial charge is 0.394 e. The van der Waals surface area contributed by atoms with Crippen molar-refractivity contribution in [2.45, 2.75) is 12.6 Å². The summed E-state index contributed by atoms with van der Waals surface area (Å²) in [5.41, 5.74) is 1.10. The number of nitrogens with one attached hydrogen (secondary N) is 1. The number of nitrogens with zero attached hydrogens (tertiary/aromatic N) is 2. The second-order valence-electron chi connectivity index (χ2n) is 3.82. The molecule has 1 amide bonds. The lowest BCUT2D eigenvalue weighted by molar-refractivity contribution is -0.130. The molecular weight excluding hydrogens is 206 g/mol. The maximum absolute atomic E-state index is 11.5. The zero-order valence-electron chi connectivity index (χ0n) is 8.97. The van der Waals surface area contributed by atoms with Gasteiger partial charge in [-0.2, -0.15) is 0 Å². The van der Waals surface area contributed by atoms with Gasteiger partial charge in [0.05, 0.1) is 6.61 Å². The molecule has 0 saturated carbocycles. The molecule has 5 heteroatoms. The molecule has 1 fully saturated rings. The Morgan fingerprint density at radius 3 is 2.94 bits per heavy atom. The Kier molecular flexibility index (Phi) is 3.48. The quantitative estimate of drug-likeness (QED) is 0.713. The molecular formula is C11H15N3O2. The summed E-state index contributed by atoms with van der Waals surface area (Å²) in [5.74, 6) is -0.0946. The first-order valence-electron chi connectivity index (χ1n) is 5.33. The first-order valence-corrected chi connectivity index (χ1v) is 5.33. The van der Waals surface area contributed by atoms with E-state index >= 15 is 0 Å². The van der Waals surface area contributed by atoms with E-state index in [1.807, 2.05) is 17.0 Å². The molecule has 1 aromatic heterocycles. The summed E-state index contributed by atoms with van der Waals surface area (Å²) >= 11 is 0. The van der Waals surface area contributed by atoms with E-state index in [-0.39, 0.29) is 12.5 Å². The second kappa shape index (κ2) is 5.05. The number of aliphatic hydroxyl groups is 1. The van der Waals surface area contributed by atoms with Crippen LogP contribution in [0.4, 0.5) is 0 Å². The summed E-state index contributed by atoms with van der Waals surface area (Å²) in [6, 6.07) is 3.41. The Balaban J connectivity index is 2.05. The van der Waals surface area contributed by atoms with Gasteiger partial charge in [-0.05, 0) is 17.7 Å².